The normalized spacial score (nSPS) is 26.9. The summed E-state index contributed by atoms with van der Waals surface area (Å²) in [6.45, 7) is 2.14. The number of methoxy groups -OCH3 is 1. The Morgan fingerprint density at radius 3 is 2.83 bits per heavy atom. The standard InChI is InChI=1S/C14H22N4O6/c1-3-8-11(10(17-13(15)20)9(22-2)6-23-8)24-5-7-4-16-14(21)18-12(7)19/h4,8-11H,3,5-6H2,1-2H3,(H3,15,17,20)(H2,16,18,19,21). The molecule has 0 spiro atoms. The molecule has 4 unspecified atom stereocenters. The van der Waals surface area contributed by atoms with Gasteiger partial charge in [-0.3, -0.25) is 9.78 Å². The number of carbonyl (C=O) groups is 1. The van der Waals surface area contributed by atoms with Crippen LogP contribution in [0.4, 0.5) is 4.79 Å². The number of hydrogen-bond donors (Lipinski definition) is 4. The molecule has 0 bridgehead atoms. The number of rotatable bonds is 6. The number of ether oxygens (including phenoxy) is 3. The number of urea groups is 1. The average molecular weight is 342 g/mol. The number of nitrogens with one attached hydrogen (secondary N) is 3. The lowest BCUT2D eigenvalue weighted by Crippen LogP contribution is -2.62. The third kappa shape index (κ3) is 4.22. The molecule has 2 heterocycles. The Kier molecular flexibility index (Phi) is 6.12. The summed E-state index contributed by atoms with van der Waals surface area (Å²) in [6.07, 6.45) is 0.637. The van der Waals surface area contributed by atoms with Crippen LogP contribution in [-0.4, -0.2) is 54.1 Å². The molecule has 1 saturated heterocycles. The van der Waals surface area contributed by atoms with Gasteiger partial charge in [0.2, 0.25) is 0 Å². The van der Waals surface area contributed by atoms with Gasteiger partial charge < -0.3 is 30.2 Å². The Bertz CT molecular complexity index is 672. The van der Waals surface area contributed by atoms with Crippen molar-refractivity contribution in [2.24, 2.45) is 5.73 Å². The summed E-state index contributed by atoms with van der Waals surface area (Å²) in [6, 6.07) is -1.22. The Hall–Kier alpha value is -2.17. The van der Waals surface area contributed by atoms with E-state index in [0.717, 1.165) is 0 Å². The first-order valence-corrected chi connectivity index (χ1v) is 7.59. The van der Waals surface area contributed by atoms with Gasteiger partial charge in [-0.05, 0) is 6.42 Å². The monoisotopic (exact) mass is 342 g/mol. The maximum Gasteiger partial charge on any atom is 0.325 e. The van der Waals surface area contributed by atoms with E-state index in [1.54, 1.807) is 0 Å². The highest BCUT2D eigenvalue weighted by Crippen LogP contribution is 2.23. The third-order valence-corrected chi connectivity index (χ3v) is 3.94. The zero-order valence-electron chi connectivity index (χ0n) is 13.5. The van der Waals surface area contributed by atoms with E-state index in [1.807, 2.05) is 6.92 Å². The minimum Gasteiger partial charge on any atom is -0.377 e. The van der Waals surface area contributed by atoms with Crippen LogP contribution in [0.3, 0.4) is 0 Å². The Balaban J connectivity index is 2.18. The van der Waals surface area contributed by atoms with E-state index in [0.29, 0.717) is 13.0 Å². The van der Waals surface area contributed by atoms with Gasteiger partial charge >= 0.3 is 11.7 Å². The Morgan fingerprint density at radius 2 is 2.25 bits per heavy atom. The second-order valence-corrected chi connectivity index (χ2v) is 5.46. The van der Waals surface area contributed by atoms with E-state index in [9.17, 15) is 14.4 Å². The quantitative estimate of drug-likeness (QED) is 0.511. The van der Waals surface area contributed by atoms with Crippen molar-refractivity contribution >= 4 is 6.03 Å². The summed E-state index contributed by atoms with van der Waals surface area (Å²) in [7, 11) is 1.50. The van der Waals surface area contributed by atoms with Gasteiger partial charge in [-0.25, -0.2) is 9.59 Å². The van der Waals surface area contributed by atoms with Crippen molar-refractivity contribution in [1.29, 1.82) is 0 Å². The van der Waals surface area contributed by atoms with Crippen LogP contribution in [0, 0.1) is 0 Å². The molecule has 1 aliphatic heterocycles. The van der Waals surface area contributed by atoms with E-state index in [1.165, 1.54) is 13.3 Å². The summed E-state index contributed by atoms with van der Waals surface area (Å²) in [5.74, 6) is 0. The predicted octanol–water partition coefficient (Wildman–Crippen LogP) is -1.19. The van der Waals surface area contributed by atoms with Crippen molar-refractivity contribution < 1.29 is 19.0 Å². The molecule has 0 aromatic carbocycles. The summed E-state index contributed by atoms with van der Waals surface area (Å²) in [4.78, 5) is 38.6. The third-order valence-electron chi connectivity index (χ3n) is 3.94. The van der Waals surface area contributed by atoms with E-state index < -0.39 is 35.5 Å². The molecule has 134 valence electrons. The Morgan fingerprint density at radius 1 is 1.50 bits per heavy atom. The second kappa shape index (κ2) is 8.08. The average Bonchev–Trinajstić information content (AvgIpc) is 2.54. The van der Waals surface area contributed by atoms with Crippen LogP contribution in [-0.2, 0) is 20.8 Å². The van der Waals surface area contributed by atoms with Gasteiger partial charge in [-0.1, -0.05) is 6.92 Å². The van der Waals surface area contributed by atoms with E-state index in [-0.39, 0.29) is 18.3 Å². The summed E-state index contributed by atoms with van der Waals surface area (Å²) < 4.78 is 16.9. The highest BCUT2D eigenvalue weighted by atomic mass is 16.6. The van der Waals surface area contributed by atoms with Crippen LogP contribution < -0.4 is 22.3 Å². The van der Waals surface area contributed by atoms with Gasteiger partial charge in [-0.15, -0.1) is 0 Å². The number of H-pyrrole nitrogens is 2. The van der Waals surface area contributed by atoms with Crippen molar-refractivity contribution in [3.05, 3.63) is 32.6 Å². The van der Waals surface area contributed by atoms with Gasteiger partial charge in [-0.2, -0.15) is 0 Å². The van der Waals surface area contributed by atoms with Gasteiger partial charge in [0.05, 0.1) is 30.9 Å². The lowest BCUT2D eigenvalue weighted by atomic mass is 9.95. The topological polar surface area (TPSA) is 149 Å². The fraction of sp³-hybridized carbons (Fsp3) is 0.643. The van der Waals surface area contributed by atoms with E-state index in [2.05, 4.69) is 15.3 Å². The molecular weight excluding hydrogens is 320 g/mol. The molecule has 1 aliphatic rings. The number of carbonyl (C=O) groups excluding carboxylic acids is 1. The zero-order valence-corrected chi connectivity index (χ0v) is 13.5. The second-order valence-electron chi connectivity index (χ2n) is 5.46. The number of nitrogens with two attached hydrogens (primary N) is 1. The largest absolute Gasteiger partial charge is 0.377 e. The first kappa shape index (κ1) is 18.2. The van der Waals surface area contributed by atoms with Gasteiger partial charge in [0.25, 0.3) is 5.56 Å². The molecular formula is C14H22N4O6. The predicted molar refractivity (Wildman–Crippen MR) is 83.6 cm³/mol. The molecule has 0 saturated carbocycles. The molecule has 2 rings (SSSR count). The minimum absolute atomic E-state index is 0.0655. The number of amides is 2. The molecule has 0 aliphatic carbocycles. The fourth-order valence-electron chi connectivity index (χ4n) is 2.71. The van der Waals surface area contributed by atoms with Crippen LogP contribution in [0.2, 0.25) is 0 Å². The fourth-order valence-corrected chi connectivity index (χ4v) is 2.71. The zero-order chi connectivity index (χ0) is 17.7. The first-order valence-electron chi connectivity index (χ1n) is 7.59. The summed E-state index contributed by atoms with van der Waals surface area (Å²) in [5.41, 5.74) is 4.36. The first-order chi connectivity index (χ1) is 11.5. The molecule has 2 amide bonds. The summed E-state index contributed by atoms with van der Waals surface area (Å²) in [5, 5.41) is 2.62. The van der Waals surface area contributed by atoms with Crippen LogP contribution in [0.5, 0.6) is 0 Å². The van der Waals surface area contributed by atoms with Crippen LogP contribution in [0.15, 0.2) is 15.8 Å². The van der Waals surface area contributed by atoms with Gasteiger partial charge in [0.15, 0.2) is 0 Å². The molecule has 1 fully saturated rings. The van der Waals surface area contributed by atoms with Crippen molar-refractivity contribution in [3.63, 3.8) is 0 Å². The molecule has 4 atom stereocenters. The minimum atomic E-state index is -0.700. The number of aromatic amines is 2. The van der Waals surface area contributed by atoms with E-state index >= 15 is 0 Å². The van der Waals surface area contributed by atoms with Crippen molar-refractivity contribution in [2.75, 3.05) is 13.7 Å². The molecule has 1 aromatic heterocycles. The van der Waals surface area contributed by atoms with Crippen molar-refractivity contribution in [1.82, 2.24) is 15.3 Å². The van der Waals surface area contributed by atoms with Gasteiger partial charge in [0.1, 0.15) is 12.2 Å². The maximum atomic E-state index is 11.7. The summed E-state index contributed by atoms with van der Waals surface area (Å²) >= 11 is 0. The number of hydrogen-bond acceptors (Lipinski definition) is 6. The lowest BCUT2D eigenvalue weighted by molar-refractivity contribution is -0.172. The Labute approximate surface area is 137 Å². The number of aromatic nitrogens is 2. The smallest absolute Gasteiger partial charge is 0.325 e. The van der Waals surface area contributed by atoms with Crippen molar-refractivity contribution in [3.8, 4) is 0 Å². The van der Waals surface area contributed by atoms with Crippen LogP contribution >= 0.6 is 0 Å². The highest BCUT2D eigenvalue weighted by Gasteiger charge is 2.41. The SMILES string of the molecule is CCC1OCC(OC)C(NC(N)=O)C1OCc1c[nH]c(=O)[nH]c1=O. The molecule has 10 heteroatoms. The molecule has 5 N–H and O–H groups in total. The number of primary amides is 1. The van der Waals surface area contributed by atoms with Crippen LogP contribution in [0.25, 0.3) is 0 Å². The molecule has 24 heavy (non-hydrogen) atoms. The lowest BCUT2D eigenvalue weighted by Gasteiger charge is -2.41. The highest BCUT2D eigenvalue weighted by molar-refractivity contribution is 5.72. The maximum absolute atomic E-state index is 11.7. The van der Waals surface area contributed by atoms with Gasteiger partial charge in [0, 0.05) is 13.3 Å². The van der Waals surface area contributed by atoms with Crippen LogP contribution in [0.1, 0.15) is 18.9 Å². The molecule has 1 aromatic rings. The van der Waals surface area contributed by atoms with E-state index in [4.69, 9.17) is 19.9 Å². The molecule has 0 radical (unpaired) electrons. The van der Waals surface area contributed by atoms with Crippen molar-refractivity contribution in [2.45, 2.75) is 44.3 Å². The molecule has 10 nitrogen and oxygen atoms in total.